The topological polar surface area (TPSA) is 23.5 Å². The Morgan fingerprint density at radius 2 is 2.17 bits per heavy atom. The van der Waals surface area contributed by atoms with Crippen LogP contribution in [0.15, 0.2) is 70.1 Å². The lowest BCUT2D eigenvalue weighted by Crippen LogP contribution is -2.36. The fourth-order valence-electron chi connectivity index (χ4n) is 3.62. The maximum absolute atomic E-state index is 9.87. The van der Waals surface area contributed by atoms with Gasteiger partial charge >= 0.3 is 0 Å². The molecule has 0 aromatic carbocycles. The summed E-state index contributed by atoms with van der Waals surface area (Å²) in [6, 6.07) is 0.420. The lowest BCUT2D eigenvalue weighted by molar-refractivity contribution is 0.269. The first-order valence-electron chi connectivity index (χ1n) is 8.98. The highest BCUT2D eigenvalue weighted by Gasteiger charge is 2.27. The number of aliphatic hydroxyl groups excluding tert-OH is 1. The SMILES string of the molecule is C/C=C\C1=C(/C=C(\C)O)C2=C(C)C(C1)N(C)CC/C(CC)=C/C=C2. The molecule has 1 unspecified atom stereocenters. The molecule has 1 aliphatic carbocycles. The summed E-state index contributed by atoms with van der Waals surface area (Å²) in [6.07, 6.45) is 16.1. The number of rotatable bonds is 3. The van der Waals surface area contributed by atoms with Crippen LogP contribution < -0.4 is 0 Å². The molecular weight excluding hydrogens is 294 g/mol. The molecule has 2 aliphatic rings. The van der Waals surface area contributed by atoms with Crippen molar-refractivity contribution in [2.24, 2.45) is 0 Å². The van der Waals surface area contributed by atoms with Crippen LogP contribution in [0.25, 0.3) is 0 Å². The van der Waals surface area contributed by atoms with Gasteiger partial charge in [-0.15, -0.1) is 0 Å². The number of allylic oxidation sites excluding steroid dienone is 9. The molecule has 0 radical (unpaired) electrons. The van der Waals surface area contributed by atoms with Gasteiger partial charge in [-0.05, 0) is 75.4 Å². The summed E-state index contributed by atoms with van der Waals surface area (Å²) in [4.78, 5) is 2.48. The van der Waals surface area contributed by atoms with Crippen molar-refractivity contribution in [3.05, 3.63) is 70.1 Å². The summed E-state index contributed by atoms with van der Waals surface area (Å²) in [5, 5.41) is 9.87. The van der Waals surface area contributed by atoms with Gasteiger partial charge in [-0.25, -0.2) is 0 Å². The number of hydrogen-bond acceptors (Lipinski definition) is 2. The standard InChI is InChI=1S/C22H31NO/c1-6-9-19-15-22-17(4)20(21(19)14-16(3)24)11-8-10-18(7-2)12-13-23(22)5/h6,8-11,14,22,24H,7,12-13,15H2,1-5H3/b9-6-,11-8?,16-14+,18-10+. The van der Waals surface area contributed by atoms with Crippen molar-refractivity contribution in [1.29, 1.82) is 0 Å². The highest BCUT2D eigenvalue weighted by Crippen LogP contribution is 2.36. The van der Waals surface area contributed by atoms with Crippen LogP contribution in [-0.4, -0.2) is 29.6 Å². The zero-order valence-electron chi connectivity index (χ0n) is 15.8. The Kier molecular flexibility index (Phi) is 6.44. The first-order valence-corrected chi connectivity index (χ1v) is 8.98. The molecule has 0 amide bonds. The third-order valence-electron chi connectivity index (χ3n) is 5.06. The van der Waals surface area contributed by atoms with Crippen LogP contribution >= 0.6 is 0 Å². The van der Waals surface area contributed by atoms with E-state index in [0.717, 1.165) is 31.4 Å². The smallest absolute Gasteiger partial charge is 0.0898 e. The Balaban J connectivity index is 2.62. The zero-order chi connectivity index (χ0) is 17.7. The van der Waals surface area contributed by atoms with Crippen LogP contribution in [0, 0.1) is 0 Å². The van der Waals surface area contributed by atoms with Gasteiger partial charge < -0.3 is 5.11 Å². The largest absolute Gasteiger partial charge is 0.513 e. The summed E-state index contributed by atoms with van der Waals surface area (Å²) in [7, 11) is 2.23. The van der Waals surface area contributed by atoms with Crippen LogP contribution in [0.1, 0.15) is 47.0 Å². The average Bonchev–Trinajstić information content (AvgIpc) is 2.54. The van der Waals surface area contributed by atoms with E-state index in [9.17, 15) is 5.11 Å². The zero-order valence-corrected chi connectivity index (χ0v) is 15.8. The predicted octanol–water partition coefficient (Wildman–Crippen LogP) is 5.64. The maximum atomic E-state index is 9.87. The Bertz CT molecular complexity index is 651. The first-order chi connectivity index (χ1) is 11.5. The normalized spacial score (nSPS) is 26.1. The lowest BCUT2D eigenvalue weighted by atomic mass is 9.81. The minimum absolute atomic E-state index is 0.356. The van der Waals surface area contributed by atoms with E-state index >= 15 is 0 Å². The molecule has 1 aliphatic heterocycles. The molecule has 2 nitrogen and oxygen atoms in total. The van der Waals surface area contributed by atoms with Crippen LogP contribution in [0.4, 0.5) is 0 Å². The van der Waals surface area contributed by atoms with Crippen molar-refractivity contribution in [1.82, 2.24) is 4.90 Å². The maximum Gasteiger partial charge on any atom is 0.0898 e. The Morgan fingerprint density at radius 1 is 1.42 bits per heavy atom. The van der Waals surface area contributed by atoms with Crippen LogP contribution in [0.2, 0.25) is 0 Å². The second-order valence-corrected chi connectivity index (χ2v) is 6.81. The Morgan fingerprint density at radius 3 is 2.79 bits per heavy atom. The van der Waals surface area contributed by atoms with Crippen molar-refractivity contribution in [3.8, 4) is 0 Å². The van der Waals surface area contributed by atoms with Crippen LogP contribution in [0.3, 0.4) is 0 Å². The van der Waals surface area contributed by atoms with E-state index in [-0.39, 0.29) is 0 Å². The summed E-state index contributed by atoms with van der Waals surface area (Å²) >= 11 is 0. The molecule has 0 saturated heterocycles. The van der Waals surface area contributed by atoms with Gasteiger partial charge in [-0.2, -0.15) is 0 Å². The first kappa shape index (κ1) is 18.5. The minimum Gasteiger partial charge on any atom is -0.513 e. The van der Waals surface area contributed by atoms with E-state index in [0.29, 0.717) is 11.8 Å². The van der Waals surface area contributed by atoms with Gasteiger partial charge in [0.2, 0.25) is 0 Å². The highest BCUT2D eigenvalue weighted by molar-refractivity contribution is 5.58. The van der Waals surface area contributed by atoms with E-state index in [4.69, 9.17) is 0 Å². The molecule has 0 aromatic heterocycles. The summed E-state index contributed by atoms with van der Waals surface area (Å²) in [5.41, 5.74) is 6.58. The summed E-state index contributed by atoms with van der Waals surface area (Å²) < 4.78 is 0. The van der Waals surface area contributed by atoms with Crippen molar-refractivity contribution in [2.75, 3.05) is 13.6 Å². The second-order valence-electron chi connectivity index (χ2n) is 6.81. The number of likely N-dealkylation sites (N-methyl/N-ethyl adjacent to an activating group) is 1. The summed E-state index contributed by atoms with van der Waals surface area (Å²) in [5.74, 6) is 0.356. The average molecular weight is 325 g/mol. The predicted molar refractivity (Wildman–Crippen MR) is 104 cm³/mol. The highest BCUT2D eigenvalue weighted by atomic mass is 16.3. The number of nitrogens with zero attached hydrogens (tertiary/aromatic N) is 1. The Labute approximate surface area is 147 Å². The van der Waals surface area contributed by atoms with E-state index in [2.05, 4.69) is 63.1 Å². The molecule has 0 saturated carbocycles. The molecule has 1 atom stereocenters. The van der Waals surface area contributed by atoms with E-state index < -0.39 is 0 Å². The quantitative estimate of drug-likeness (QED) is 0.679. The van der Waals surface area contributed by atoms with Gasteiger partial charge in [0.1, 0.15) is 0 Å². The third kappa shape index (κ3) is 4.18. The summed E-state index contributed by atoms with van der Waals surface area (Å²) in [6.45, 7) is 9.34. The molecular formula is C22H31NO. The molecule has 0 aromatic rings. The van der Waals surface area contributed by atoms with Crippen molar-refractivity contribution in [3.63, 3.8) is 0 Å². The van der Waals surface area contributed by atoms with Gasteiger partial charge in [0.25, 0.3) is 0 Å². The van der Waals surface area contributed by atoms with Crippen molar-refractivity contribution < 1.29 is 5.11 Å². The minimum atomic E-state index is 0.356. The van der Waals surface area contributed by atoms with Crippen LogP contribution in [-0.2, 0) is 0 Å². The van der Waals surface area contributed by atoms with Crippen LogP contribution in [0.5, 0.6) is 0 Å². The van der Waals surface area contributed by atoms with Gasteiger partial charge in [0.05, 0.1) is 5.76 Å². The molecule has 130 valence electrons. The lowest BCUT2D eigenvalue weighted by Gasteiger charge is -2.35. The third-order valence-corrected chi connectivity index (χ3v) is 5.06. The molecule has 1 N–H and O–H groups in total. The van der Waals surface area contributed by atoms with E-state index in [1.165, 1.54) is 22.3 Å². The monoisotopic (exact) mass is 325 g/mol. The van der Waals surface area contributed by atoms with E-state index in [1.54, 1.807) is 6.92 Å². The molecule has 2 rings (SSSR count). The fraction of sp³-hybridized carbons (Fsp3) is 0.455. The molecule has 0 spiro atoms. The number of fused-ring (bicyclic) bond motifs is 1. The van der Waals surface area contributed by atoms with Gasteiger partial charge in [-0.3, -0.25) is 4.90 Å². The molecule has 0 fully saturated rings. The molecule has 24 heavy (non-hydrogen) atoms. The number of hydrogen-bond donors (Lipinski definition) is 1. The molecule has 2 bridgehead atoms. The molecule has 2 heteroatoms. The van der Waals surface area contributed by atoms with Gasteiger partial charge in [0, 0.05) is 12.6 Å². The second kappa shape index (κ2) is 8.34. The molecule has 1 heterocycles. The fourth-order valence-corrected chi connectivity index (χ4v) is 3.62. The van der Waals surface area contributed by atoms with Crippen molar-refractivity contribution >= 4 is 0 Å². The van der Waals surface area contributed by atoms with E-state index in [1.807, 2.05) is 6.08 Å². The number of aliphatic hydroxyl groups is 1. The van der Waals surface area contributed by atoms with Gasteiger partial charge in [-0.1, -0.05) is 42.9 Å². The van der Waals surface area contributed by atoms with Crippen molar-refractivity contribution in [2.45, 2.75) is 53.0 Å². The van der Waals surface area contributed by atoms with Gasteiger partial charge in [0.15, 0.2) is 0 Å². The Hall–Kier alpha value is -1.80.